The molecule has 3 N–H and O–H groups in total. The van der Waals surface area contributed by atoms with Gasteiger partial charge in [-0.15, -0.1) is 0 Å². The molecular formula is C20H21ClF3N3O4S. The number of carbonyl (C=O) groups excluding carboxylic acids is 1. The van der Waals surface area contributed by atoms with Gasteiger partial charge in [0.05, 0.1) is 11.0 Å². The van der Waals surface area contributed by atoms with Gasteiger partial charge in [-0.1, -0.05) is 23.7 Å². The lowest BCUT2D eigenvalue weighted by atomic mass is 10.00. The van der Waals surface area contributed by atoms with E-state index in [1.54, 1.807) is 18.2 Å². The third-order valence-corrected chi connectivity index (χ3v) is 6.29. The van der Waals surface area contributed by atoms with Crippen LogP contribution in [0.3, 0.4) is 0 Å². The maximum Gasteiger partial charge on any atom is 0.402 e. The Labute approximate surface area is 188 Å². The van der Waals surface area contributed by atoms with Crippen LogP contribution in [-0.2, 0) is 14.8 Å². The Morgan fingerprint density at radius 1 is 1.12 bits per heavy atom. The fourth-order valence-corrected chi connectivity index (χ4v) is 4.42. The van der Waals surface area contributed by atoms with E-state index in [4.69, 9.17) is 16.3 Å². The number of amides is 2. The van der Waals surface area contributed by atoms with Crippen molar-refractivity contribution < 1.29 is 31.1 Å². The van der Waals surface area contributed by atoms with Crippen LogP contribution in [0.2, 0.25) is 5.02 Å². The van der Waals surface area contributed by atoms with Crippen molar-refractivity contribution in [3.05, 3.63) is 53.1 Å². The number of rotatable bonds is 6. The molecule has 2 aromatic carbocycles. The van der Waals surface area contributed by atoms with E-state index in [1.807, 2.05) is 0 Å². The van der Waals surface area contributed by atoms with Crippen molar-refractivity contribution in [1.29, 1.82) is 0 Å². The maximum atomic E-state index is 12.5. The van der Waals surface area contributed by atoms with Gasteiger partial charge in [-0.2, -0.15) is 13.2 Å². The lowest BCUT2D eigenvalue weighted by molar-refractivity contribution is -0.121. The molecule has 12 heteroatoms. The molecule has 0 radical (unpaired) electrons. The zero-order valence-corrected chi connectivity index (χ0v) is 18.3. The average Bonchev–Trinajstić information content (AvgIpc) is 2.72. The SMILES string of the molecule is O=C(Nc1cccc(Cl)c1)Nc1cc(S(=O)(=O)NCC(F)(F)F)ccc1C1CCCCO1. The highest BCUT2D eigenvalue weighted by molar-refractivity contribution is 7.89. The number of carbonyl (C=O) groups is 1. The second-order valence-electron chi connectivity index (χ2n) is 7.13. The number of ether oxygens (including phenoxy) is 1. The molecule has 3 rings (SSSR count). The summed E-state index contributed by atoms with van der Waals surface area (Å²) >= 11 is 5.91. The minimum atomic E-state index is -4.71. The molecule has 7 nitrogen and oxygen atoms in total. The monoisotopic (exact) mass is 491 g/mol. The molecule has 174 valence electrons. The first-order chi connectivity index (χ1) is 15.0. The third kappa shape index (κ3) is 6.83. The average molecular weight is 492 g/mol. The molecule has 1 saturated heterocycles. The van der Waals surface area contributed by atoms with E-state index in [1.165, 1.54) is 22.9 Å². The van der Waals surface area contributed by atoms with Gasteiger partial charge in [0.25, 0.3) is 0 Å². The van der Waals surface area contributed by atoms with E-state index in [-0.39, 0.29) is 11.8 Å². The number of benzene rings is 2. The molecule has 1 aliphatic heterocycles. The van der Waals surface area contributed by atoms with Gasteiger partial charge in [0.1, 0.15) is 6.54 Å². The van der Waals surface area contributed by atoms with E-state index >= 15 is 0 Å². The summed E-state index contributed by atoms with van der Waals surface area (Å²) in [6.07, 6.45) is -2.68. The number of urea groups is 1. The van der Waals surface area contributed by atoms with Gasteiger partial charge in [-0.05, 0) is 49.6 Å². The number of hydrogen-bond donors (Lipinski definition) is 3. The summed E-state index contributed by atoms with van der Waals surface area (Å²) in [4.78, 5) is 12.1. The Bertz CT molecular complexity index is 1070. The predicted octanol–water partition coefficient (Wildman–Crippen LogP) is 5.07. The zero-order valence-electron chi connectivity index (χ0n) is 16.7. The Balaban J connectivity index is 1.87. The molecule has 0 saturated carbocycles. The first-order valence-corrected chi connectivity index (χ1v) is 11.6. The largest absolute Gasteiger partial charge is 0.402 e. The van der Waals surface area contributed by atoms with Crippen LogP contribution in [0, 0.1) is 0 Å². The van der Waals surface area contributed by atoms with Crippen molar-refractivity contribution in [3.8, 4) is 0 Å². The van der Waals surface area contributed by atoms with Crippen molar-refractivity contribution in [2.24, 2.45) is 0 Å². The quantitative estimate of drug-likeness (QED) is 0.526. The van der Waals surface area contributed by atoms with Crippen LogP contribution in [-0.4, -0.2) is 33.8 Å². The normalized spacial score (nSPS) is 17.1. The van der Waals surface area contributed by atoms with Crippen molar-refractivity contribution >= 4 is 39.0 Å². The molecule has 2 aromatic rings. The number of anilines is 2. The minimum absolute atomic E-state index is 0.117. The molecule has 0 bridgehead atoms. The number of alkyl halides is 3. The van der Waals surface area contributed by atoms with E-state index in [9.17, 15) is 26.4 Å². The number of halogens is 4. The molecule has 1 atom stereocenters. The molecule has 1 aliphatic rings. The molecular weight excluding hydrogens is 471 g/mol. The lowest BCUT2D eigenvalue weighted by Crippen LogP contribution is -2.33. The van der Waals surface area contributed by atoms with Gasteiger partial charge in [-0.3, -0.25) is 0 Å². The molecule has 0 aromatic heterocycles. The van der Waals surface area contributed by atoms with E-state index < -0.39 is 33.7 Å². The first-order valence-electron chi connectivity index (χ1n) is 9.69. The summed E-state index contributed by atoms with van der Waals surface area (Å²) in [5, 5.41) is 5.55. The molecule has 1 unspecified atom stereocenters. The molecule has 0 aliphatic carbocycles. The number of hydrogen-bond acceptors (Lipinski definition) is 4. The topological polar surface area (TPSA) is 96.5 Å². The molecule has 1 fully saturated rings. The minimum Gasteiger partial charge on any atom is -0.373 e. The Hall–Kier alpha value is -2.34. The van der Waals surface area contributed by atoms with Crippen molar-refractivity contribution in [2.75, 3.05) is 23.8 Å². The molecule has 2 amide bonds. The molecule has 0 spiro atoms. The van der Waals surface area contributed by atoms with E-state index in [0.29, 0.717) is 29.3 Å². The lowest BCUT2D eigenvalue weighted by Gasteiger charge is -2.25. The fourth-order valence-electron chi connectivity index (χ4n) is 3.19. The smallest absolute Gasteiger partial charge is 0.373 e. The highest BCUT2D eigenvalue weighted by Crippen LogP contribution is 2.34. The van der Waals surface area contributed by atoms with Crippen LogP contribution >= 0.6 is 11.6 Å². The molecule has 32 heavy (non-hydrogen) atoms. The highest BCUT2D eigenvalue weighted by atomic mass is 35.5. The van der Waals surface area contributed by atoms with Crippen LogP contribution in [0.4, 0.5) is 29.3 Å². The standard InChI is InChI=1S/C20H21ClF3N3O4S/c21-13-4-3-5-14(10-13)26-19(28)27-17-11-15(32(29,30)25-12-20(22,23)24)7-8-16(17)18-6-1-2-9-31-18/h3-5,7-8,10-11,18,25H,1-2,6,9,12H2,(H2,26,27,28). The van der Waals surface area contributed by atoms with E-state index in [0.717, 1.165) is 18.9 Å². The second-order valence-corrected chi connectivity index (χ2v) is 9.34. The molecule has 1 heterocycles. The summed E-state index contributed by atoms with van der Waals surface area (Å²) in [6.45, 7) is -1.20. The summed E-state index contributed by atoms with van der Waals surface area (Å²) in [5.41, 5.74) is 1.05. The second kappa shape index (κ2) is 10.1. The van der Waals surface area contributed by atoms with Crippen LogP contribution in [0.15, 0.2) is 47.4 Å². The maximum absolute atomic E-state index is 12.5. The summed E-state index contributed by atoms with van der Waals surface area (Å²) in [6, 6.07) is 9.46. The van der Waals surface area contributed by atoms with Crippen LogP contribution < -0.4 is 15.4 Å². The van der Waals surface area contributed by atoms with Gasteiger partial charge in [0, 0.05) is 28.6 Å². The third-order valence-electron chi connectivity index (χ3n) is 4.65. The van der Waals surface area contributed by atoms with Gasteiger partial charge in [-0.25, -0.2) is 17.9 Å². The van der Waals surface area contributed by atoms with Gasteiger partial charge >= 0.3 is 12.2 Å². The Morgan fingerprint density at radius 2 is 1.91 bits per heavy atom. The summed E-state index contributed by atoms with van der Waals surface area (Å²) < 4.78 is 69.4. The van der Waals surface area contributed by atoms with Gasteiger partial charge < -0.3 is 15.4 Å². The Kier molecular flexibility index (Phi) is 7.65. The number of nitrogens with one attached hydrogen (secondary N) is 3. The van der Waals surface area contributed by atoms with Crippen LogP contribution in [0.1, 0.15) is 30.9 Å². The van der Waals surface area contributed by atoms with Crippen LogP contribution in [0.25, 0.3) is 0 Å². The van der Waals surface area contributed by atoms with Crippen molar-refractivity contribution in [1.82, 2.24) is 4.72 Å². The highest BCUT2D eigenvalue weighted by Gasteiger charge is 2.30. The van der Waals surface area contributed by atoms with Crippen LogP contribution in [0.5, 0.6) is 0 Å². The van der Waals surface area contributed by atoms with Gasteiger partial charge in [0.15, 0.2) is 0 Å². The number of sulfonamides is 1. The summed E-state index contributed by atoms with van der Waals surface area (Å²) in [5.74, 6) is 0. The predicted molar refractivity (Wildman–Crippen MR) is 114 cm³/mol. The first kappa shape index (κ1) is 24.3. The van der Waals surface area contributed by atoms with Crippen molar-refractivity contribution in [2.45, 2.75) is 36.4 Å². The van der Waals surface area contributed by atoms with Crippen molar-refractivity contribution in [3.63, 3.8) is 0 Å². The Morgan fingerprint density at radius 3 is 2.56 bits per heavy atom. The fraction of sp³-hybridized carbons (Fsp3) is 0.350. The van der Waals surface area contributed by atoms with E-state index in [2.05, 4.69) is 10.6 Å². The van der Waals surface area contributed by atoms with Gasteiger partial charge in [0.2, 0.25) is 10.0 Å². The zero-order chi connectivity index (χ0) is 23.4. The summed E-state index contributed by atoms with van der Waals surface area (Å²) in [7, 11) is -4.46.